The molecule has 1 rings (SSSR count). The average molecular weight is 268 g/mol. The lowest BCUT2D eigenvalue weighted by molar-refractivity contribution is 0.861. The third kappa shape index (κ3) is 1.95. The summed E-state index contributed by atoms with van der Waals surface area (Å²) in [7, 11) is 0. The van der Waals surface area contributed by atoms with E-state index in [1.807, 2.05) is 12.1 Å². The summed E-state index contributed by atoms with van der Waals surface area (Å²) in [6.45, 7) is 4.23. The maximum atomic E-state index is 5.95. The Balaban J connectivity index is 3.27. The molecule has 0 aliphatic heterocycles. The Morgan fingerprint density at radius 1 is 1.25 bits per heavy atom. The second kappa shape index (κ2) is 3.99. The topological polar surface area (TPSA) is 0 Å². The molecule has 0 bridgehead atoms. The van der Waals surface area contributed by atoms with E-state index in [1.54, 1.807) is 0 Å². The first-order valence-electron chi connectivity index (χ1n) is 3.67. The summed E-state index contributed by atoms with van der Waals surface area (Å²) in [5, 5.41) is 1.19. The predicted octanol–water partition coefficient (Wildman–Crippen LogP) is 4.88. The maximum Gasteiger partial charge on any atom is 0.0737 e. The van der Waals surface area contributed by atoms with E-state index in [9.17, 15) is 0 Å². The van der Waals surface area contributed by atoms with Crippen molar-refractivity contribution in [2.24, 2.45) is 0 Å². The molecule has 0 saturated carbocycles. The Hall–Kier alpha value is 0.280. The van der Waals surface area contributed by atoms with Gasteiger partial charge in [0.2, 0.25) is 0 Å². The lowest BCUT2D eigenvalue weighted by Crippen LogP contribution is -1.89. The summed E-state index contributed by atoms with van der Waals surface area (Å²) < 4.78 is 0.909. The number of hydrogen-bond donors (Lipinski definition) is 0. The molecule has 0 radical (unpaired) electrons. The van der Waals surface area contributed by atoms with E-state index >= 15 is 0 Å². The molecular weight excluding hydrogens is 259 g/mol. The van der Waals surface area contributed by atoms with Crippen molar-refractivity contribution in [1.29, 1.82) is 0 Å². The second-order valence-electron chi connectivity index (χ2n) is 2.92. The smallest absolute Gasteiger partial charge is 0.0737 e. The van der Waals surface area contributed by atoms with Crippen LogP contribution < -0.4 is 0 Å². The molecule has 0 amide bonds. The van der Waals surface area contributed by atoms with Crippen molar-refractivity contribution in [2.45, 2.75) is 19.8 Å². The molecule has 0 fully saturated rings. The largest absolute Gasteiger partial charge is 0.0827 e. The quantitative estimate of drug-likeness (QED) is 0.637. The van der Waals surface area contributed by atoms with Crippen LogP contribution in [0, 0.1) is 0 Å². The van der Waals surface area contributed by atoms with Crippen LogP contribution in [0.25, 0.3) is 0 Å². The van der Waals surface area contributed by atoms with Crippen molar-refractivity contribution in [1.82, 2.24) is 0 Å². The van der Waals surface area contributed by atoms with Gasteiger partial charge >= 0.3 is 0 Å². The molecule has 1 aromatic carbocycles. The van der Waals surface area contributed by atoms with Crippen LogP contribution in [-0.2, 0) is 0 Å². The summed E-state index contributed by atoms with van der Waals surface area (Å²) in [6, 6.07) is 3.81. The van der Waals surface area contributed by atoms with Gasteiger partial charge in [-0.2, -0.15) is 0 Å². The Labute approximate surface area is 91.0 Å². The van der Waals surface area contributed by atoms with Crippen LogP contribution in [0.1, 0.15) is 25.3 Å². The van der Waals surface area contributed by atoms with Gasteiger partial charge < -0.3 is 0 Å². The average Bonchev–Trinajstić information content (AvgIpc) is 2.00. The normalized spacial score (nSPS) is 10.8. The number of hydrogen-bond acceptors (Lipinski definition) is 0. The van der Waals surface area contributed by atoms with E-state index in [1.165, 1.54) is 5.56 Å². The van der Waals surface area contributed by atoms with E-state index < -0.39 is 0 Å². The maximum absolute atomic E-state index is 5.95. The highest BCUT2D eigenvalue weighted by atomic mass is 79.9. The Morgan fingerprint density at radius 3 is 2.33 bits per heavy atom. The first-order valence-corrected chi connectivity index (χ1v) is 5.22. The Bertz CT molecular complexity index is 295. The summed E-state index contributed by atoms with van der Waals surface area (Å²) in [5.74, 6) is 0.453. The van der Waals surface area contributed by atoms with Crippen LogP contribution in [0.4, 0.5) is 0 Å². The molecule has 3 heteroatoms. The third-order valence-corrected chi connectivity index (χ3v) is 3.57. The van der Waals surface area contributed by atoms with Gasteiger partial charge in [0.1, 0.15) is 0 Å². The highest BCUT2D eigenvalue weighted by molar-refractivity contribution is 9.10. The van der Waals surface area contributed by atoms with E-state index in [0.717, 1.165) is 4.47 Å². The lowest BCUT2D eigenvalue weighted by Gasteiger charge is -2.09. The molecule has 12 heavy (non-hydrogen) atoms. The minimum absolute atomic E-state index is 0.453. The van der Waals surface area contributed by atoms with Gasteiger partial charge in [-0.3, -0.25) is 0 Å². The summed E-state index contributed by atoms with van der Waals surface area (Å²) in [4.78, 5) is 0. The first kappa shape index (κ1) is 10.4. The highest BCUT2D eigenvalue weighted by Gasteiger charge is 2.09. The molecule has 0 spiro atoms. The zero-order valence-electron chi connectivity index (χ0n) is 6.87. The molecule has 0 heterocycles. The zero-order valence-corrected chi connectivity index (χ0v) is 9.96. The van der Waals surface area contributed by atoms with Gasteiger partial charge in [0.25, 0.3) is 0 Å². The summed E-state index contributed by atoms with van der Waals surface area (Å²) in [6.07, 6.45) is 0. The van der Waals surface area contributed by atoms with Crippen molar-refractivity contribution in [3.05, 3.63) is 32.2 Å². The minimum Gasteiger partial charge on any atom is -0.0827 e. The van der Waals surface area contributed by atoms with Gasteiger partial charge in [0, 0.05) is 4.47 Å². The molecule has 0 aliphatic rings. The van der Waals surface area contributed by atoms with Gasteiger partial charge in [0.05, 0.1) is 10.0 Å². The van der Waals surface area contributed by atoms with Crippen molar-refractivity contribution in [2.75, 3.05) is 0 Å². The fraction of sp³-hybridized carbons (Fsp3) is 0.333. The molecule has 0 atom stereocenters. The van der Waals surface area contributed by atoms with E-state index in [-0.39, 0.29) is 0 Å². The van der Waals surface area contributed by atoms with Gasteiger partial charge in [-0.05, 0) is 33.5 Å². The highest BCUT2D eigenvalue weighted by Crippen LogP contribution is 2.35. The minimum atomic E-state index is 0.453. The standard InChI is InChI=1S/C9H9BrCl2/c1-5(2)6-3-4-7(11)9(12)8(6)10/h3-5H,1-2H3. The van der Waals surface area contributed by atoms with Crippen LogP contribution in [0.3, 0.4) is 0 Å². The molecule has 0 N–H and O–H groups in total. The molecule has 0 saturated heterocycles. The van der Waals surface area contributed by atoms with E-state index in [2.05, 4.69) is 29.8 Å². The van der Waals surface area contributed by atoms with Crippen molar-refractivity contribution < 1.29 is 0 Å². The SMILES string of the molecule is CC(C)c1ccc(Cl)c(Cl)c1Br. The van der Waals surface area contributed by atoms with Crippen LogP contribution in [-0.4, -0.2) is 0 Å². The number of benzene rings is 1. The fourth-order valence-corrected chi connectivity index (χ4v) is 2.23. The zero-order chi connectivity index (χ0) is 9.30. The molecule has 1 aromatic rings. The monoisotopic (exact) mass is 266 g/mol. The molecule has 66 valence electrons. The van der Waals surface area contributed by atoms with Crippen LogP contribution in [0.15, 0.2) is 16.6 Å². The molecule has 0 unspecified atom stereocenters. The van der Waals surface area contributed by atoms with Gasteiger partial charge in [-0.15, -0.1) is 0 Å². The predicted molar refractivity (Wildman–Crippen MR) is 58.3 cm³/mol. The molecule has 0 nitrogen and oxygen atoms in total. The van der Waals surface area contributed by atoms with Gasteiger partial charge in [-0.25, -0.2) is 0 Å². The van der Waals surface area contributed by atoms with Crippen molar-refractivity contribution >= 4 is 39.1 Å². The Kier molecular flexibility index (Phi) is 3.45. The first-order chi connectivity index (χ1) is 5.54. The van der Waals surface area contributed by atoms with Crippen LogP contribution in [0.2, 0.25) is 10.0 Å². The van der Waals surface area contributed by atoms with E-state index in [4.69, 9.17) is 23.2 Å². The van der Waals surface area contributed by atoms with Crippen LogP contribution >= 0.6 is 39.1 Å². The van der Waals surface area contributed by atoms with Gasteiger partial charge in [0.15, 0.2) is 0 Å². The molecular formula is C9H9BrCl2. The van der Waals surface area contributed by atoms with Crippen LogP contribution in [0.5, 0.6) is 0 Å². The fourth-order valence-electron chi connectivity index (χ4n) is 0.987. The molecule has 0 aromatic heterocycles. The summed E-state index contributed by atoms with van der Waals surface area (Å²) in [5.41, 5.74) is 1.18. The summed E-state index contributed by atoms with van der Waals surface area (Å²) >= 11 is 15.2. The number of halogens is 3. The second-order valence-corrected chi connectivity index (χ2v) is 4.50. The third-order valence-electron chi connectivity index (χ3n) is 1.69. The van der Waals surface area contributed by atoms with Crippen molar-refractivity contribution in [3.8, 4) is 0 Å². The lowest BCUT2D eigenvalue weighted by atomic mass is 10.0. The molecule has 0 aliphatic carbocycles. The number of rotatable bonds is 1. The Morgan fingerprint density at radius 2 is 1.83 bits per heavy atom. The van der Waals surface area contributed by atoms with Gasteiger partial charge in [-0.1, -0.05) is 43.1 Å². The van der Waals surface area contributed by atoms with Crippen molar-refractivity contribution in [3.63, 3.8) is 0 Å². The van der Waals surface area contributed by atoms with E-state index in [0.29, 0.717) is 16.0 Å².